The maximum absolute atomic E-state index is 7.57. The molecule has 82 valence electrons. The predicted molar refractivity (Wildman–Crippen MR) is 66.0 cm³/mol. The average Bonchev–Trinajstić information content (AvgIpc) is 2.37. The van der Waals surface area contributed by atoms with Gasteiger partial charge in [-0.2, -0.15) is 0 Å². The van der Waals surface area contributed by atoms with Crippen molar-refractivity contribution in [2.45, 2.75) is 6.85 Å². The largest absolute Gasteiger partial charge is 0.481 e. The Hall–Kier alpha value is -1.54. The van der Waals surface area contributed by atoms with Gasteiger partial charge in [0.1, 0.15) is 5.15 Å². The smallest absolute Gasteiger partial charge is 0.214 e. The maximum Gasteiger partial charge on any atom is 0.214 e. The van der Waals surface area contributed by atoms with Crippen LogP contribution in [0.15, 0.2) is 36.4 Å². The number of hydrogen-bond acceptors (Lipinski definition) is 2. The zero-order chi connectivity index (χ0) is 14.0. The molecule has 1 aromatic carbocycles. The highest BCUT2D eigenvalue weighted by atomic mass is 35.5. The minimum atomic E-state index is -2.18. The summed E-state index contributed by atoms with van der Waals surface area (Å²) in [7, 11) is 1.48. The summed E-state index contributed by atoms with van der Waals surface area (Å²) in [5.74, 6) is 0.350. The first-order valence-electron chi connectivity index (χ1n) is 6.23. The van der Waals surface area contributed by atoms with Crippen LogP contribution in [0.25, 0.3) is 11.1 Å². The van der Waals surface area contributed by atoms with E-state index in [1.807, 2.05) is 0 Å². The highest BCUT2D eigenvalue weighted by Crippen LogP contribution is 2.27. The van der Waals surface area contributed by atoms with Gasteiger partial charge in [0.15, 0.2) is 0 Å². The molecule has 0 fully saturated rings. The molecule has 0 atom stereocenters. The van der Waals surface area contributed by atoms with Crippen LogP contribution in [0.3, 0.4) is 0 Å². The van der Waals surface area contributed by atoms with Gasteiger partial charge in [-0.3, -0.25) is 0 Å². The first-order valence-corrected chi connectivity index (χ1v) is 5.11. The Morgan fingerprint density at radius 3 is 2.88 bits per heavy atom. The van der Waals surface area contributed by atoms with Crippen molar-refractivity contribution in [3.8, 4) is 17.0 Å². The molecule has 0 bridgehead atoms. The SMILES string of the molecule is [2H]C([2H])([2H])c1ccccc1-c1cc(Cl)nc(OC)c1. The zero-order valence-corrected chi connectivity index (χ0v) is 9.45. The first-order chi connectivity index (χ1) is 8.91. The molecule has 0 aliphatic carbocycles. The quantitative estimate of drug-likeness (QED) is 0.742. The molecule has 0 saturated heterocycles. The molecule has 2 nitrogen and oxygen atoms in total. The van der Waals surface area contributed by atoms with Crippen molar-refractivity contribution in [3.63, 3.8) is 0 Å². The van der Waals surface area contributed by atoms with Crippen LogP contribution in [0.2, 0.25) is 5.15 Å². The third kappa shape index (κ3) is 2.17. The maximum atomic E-state index is 7.57. The summed E-state index contributed by atoms with van der Waals surface area (Å²) in [6, 6.07) is 10.1. The predicted octanol–water partition coefficient (Wildman–Crippen LogP) is 3.72. The summed E-state index contributed by atoms with van der Waals surface area (Å²) in [4.78, 5) is 3.97. The van der Waals surface area contributed by atoms with E-state index < -0.39 is 6.85 Å². The Morgan fingerprint density at radius 2 is 2.12 bits per heavy atom. The molecule has 1 aromatic heterocycles. The molecule has 1 heterocycles. The molecule has 0 N–H and O–H groups in total. The van der Waals surface area contributed by atoms with Crippen LogP contribution >= 0.6 is 11.6 Å². The van der Waals surface area contributed by atoms with Gasteiger partial charge in [-0.15, -0.1) is 0 Å². The van der Waals surface area contributed by atoms with Crippen LogP contribution in [-0.2, 0) is 0 Å². The minimum absolute atomic E-state index is 0.259. The molecule has 16 heavy (non-hydrogen) atoms. The van der Waals surface area contributed by atoms with Crippen LogP contribution < -0.4 is 4.74 Å². The van der Waals surface area contributed by atoms with E-state index in [0.717, 1.165) is 0 Å². The number of benzene rings is 1. The van der Waals surface area contributed by atoms with E-state index in [2.05, 4.69) is 4.98 Å². The molecule has 2 aromatic rings. The summed E-state index contributed by atoms with van der Waals surface area (Å²) in [5.41, 5.74) is 1.55. The van der Waals surface area contributed by atoms with Crippen molar-refractivity contribution < 1.29 is 8.85 Å². The van der Waals surface area contributed by atoms with Crippen LogP contribution in [0.4, 0.5) is 0 Å². The van der Waals surface area contributed by atoms with E-state index in [4.69, 9.17) is 20.5 Å². The Bertz CT molecular complexity index is 599. The van der Waals surface area contributed by atoms with Gasteiger partial charge in [-0.25, -0.2) is 4.98 Å². The number of hydrogen-bond donors (Lipinski definition) is 0. The van der Waals surface area contributed by atoms with Gasteiger partial charge in [0.25, 0.3) is 0 Å². The highest BCUT2D eigenvalue weighted by Gasteiger charge is 2.05. The number of nitrogens with zero attached hydrogens (tertiary/aromatic N) is 1. The number of pyridine rings is 1. The average molecular weight is 237 g/mol. The first kappa shape index (κ1) is 7.69. The molecule has 0 unspecified atom stereocenters. The van der Waals surface area contributed by atoms with Crippen LogP contribution in [-0.4, -0.2) is 12.1 Å². The van der Waals surface area contributed by atoms with Crippen molar-refractivity contribution in [1.29, 1.82) is 0 Å². The van der Waals surface area contributed by atoms with E-state index in [0.29, 0.717) is 17.0 Å². The normalized spacial score (nSPS) is 13.8. The van der Waals surface area contributed by atoms with Gasteiger partial charge in [-0.05, 0) is 29.6 Å². The molecule has 0 aliphatic heterocycles. The minimum Gasteiger partial charge on any atom is -0.481 e. The van der Waals surface area contributed by atoms with Gasteiger partial charge in [-0.1, -0.05) is 35.9 Å². The lowest BCUT2D eigenvalue weighted by Gasteiger charge is -2.07. The molecular formula is C13H12ClNO. The molecule has 3 heteroatoms. The fourth-order valence-electron chi connectivity index (χ4n) is 1.47. The lowest BCUT2D eigenvalue weighted by molar-refractivity contribution is 0.398. The van der Waals surface area contributed by atoms with Crippen molar-refractivity contribution >= 4 is 11.6 Å². The Morgan fingerprint density at radius 1 is 1.31 bits per heavy atom. The molecule has 0 saturated carbocycles. The Balaban J connectivity index is 2.62. The Labute approximate surface area is 104 Å². The number of ether oxygens (including phenoxy) is 1. The second-order valence-corrected chi connectivity index (χ2v) is 3.65. The van der Waals surface area contributed by atoms with Crippen molar-refractivity contribution in [2.75, 3.05) is 7.11 Å². The summed E-state index contributed by atoms with van der Waals surface area (Å²) in [5, 5.41) is 0.259. The van der Waals surface area contributed by atoms with Crippen molar-refractivity contribution in [3.05, 3.63) is 47.1 Å². The molecule has 0 spiro atoms. The summed E-state index contributed by atoms with van der Waals surface area (Å²) in [6.45, 7) is -2.18. The second kappa shape index (κ2) is 4.54. The number of aryl methyl sites for hydroxylation is 1. The van der Waals surface area contributed by atoms with E-state index in [-0.39, 0.29) is 10.7 Å². The van der Waals surface area contributed by atoms with Crippen molar-refractivity contribution in [1.82, 2.24) is 4.98 Å². The van der Waals surface area contributed by atoms with E-state index in [9.17, 15) is 0 Å². The number of aromatic nitrogens is 1. The Kier molecular flexibility index (Phi) is 2.18. The zero-order valence-electron chi connectivity index (χ0n) is 11.7. The molecular weight excluding hydrogens is 222 g/mol. The van der Waals surface area contributed by atoms with Gasteiger partial charge in [0.2, 0.25) is 5.88 Å². The summed E-state index contributed by atoms with van der Waals surface area (Å²) in [6.07, 6.45) is 0. The standard InChI is InChI=1S/C13H12ClNO/c1-9-5-3-4-6-11(9)10-7-12(14)15-13(8-10)16-2/h3-8H,1-2H3/i1D3. The van der Waals surface area contributed by atoms with Gasteiger partial charge >= 0.3 is 0 Å². The van der Waals surface area contributed by atoms with Crippen LogP contribution in [0.1, 0.15) is 9.68 Å². The number of halogens is 1. The lowest BCUT2D eigenvalue weighted by Crippen LogP contribution is -1.90. The lowest BCUT2D eigenvalue weighted by atomic mass is 10.0. The van der Waals surface area contributed by atoms with Gasteiger partial charge in [0, 0.05) is 10.2 Å². The molecule has 0 aliphatic rings. The van der Waals surface area contributed by atoms with E-state index in [1.54, 1.807) is 36.4 Å². The van der Waals surface area contributed by atoms with E-state index in [1.165, 1.54) is 7.11 Å². The fourth-order valence-corrected chi connectivity index (χ4v) is 1.67. The monoisotopic (exact) mass is 236 g/mol. The third-order valence-corrected chi connectivity index (χ3v) is 2.41. The number of methoxy groups -OCH3 is 1. The molecule has 2 rings (SSSR count). The molecule has 0 amide bonds. The van der Waals surface area contributed by atoms with Gasteiger partial charge < -0.3 is 4.74 Å². The highest BCUT2D eigenvalue weighted by molar-refractivity contribution is 6.29. The van der Waals surface area contributed by atoms with Crippen LogP contribution in [0.5, 0.6) is 5.88 Å². The second-order valence-electron chi connectivity index (χ2n) is 3.27. The summed E-state index contributed by atoms with van der Waals surface area (Å²) < 4.78 is 27.8. The van der Waals surface area contributed by atoms with E-state index >= 15 is 0 Å². The third-order valence-electron chi connectivity index (χ3n) is 2.22. The van der Waals surface area contributed by atoms with Crippen LogP contribution in [0, 0.1) is 6.85 Å². The topological polar surface area (TPSA) is 22.1 Å². The van der Waals surface area contributed by atoms with Gasteiger partial charge in [0.05, 0.1) is 7.11 Å². The summed E-state index contributed by atoms with van der Waals surface area (Å²) >= 11 is 5.91. The fraction of sp³-hybridized carbons (Fsp3) is 0.154. The molecule has 0 radical (unpaired) electrons. The van der Waals surface area contributed by atoms with Crippen molar-refractivity contribution in [2.24, 2.45) is 0 Å². The number of rotatable bonds is 2.